The molecule has 0 aromatic heterocycles. The minimum absolute atomic E-state index is 0.292. The molecule has 0 radical (unpaired) electrons. The van der Waals surface area contributed by atoms with E-state index in [9.17, 15) is 18.0 Å². The second-order valence-corrected chi connectivity index (χ2v) is 7.61. The summed E-state index contributed by atoms with van der Waals surface area (Å²) in [5.74, 6) is -0.782. The molecule has 1 N–H and O–H groups in total. The van der Waals surface area contributed by atoms with E-state index in [1.165, 1.54) is 4.31 Å². The van der Waals surface area contributed by atoms with Gasteiger partial charge in [0.2, 0.25) is 15.9 Å². The lowest BCUT2D eigenvalue weighted by Crippen LogP contribution is -2.49. The fourth-order valence-corrected chi connectivity index (χ4v) is 3.82. The number of esters is 1. The number of piperidine rings is 1. The Bertz CT molecular complexity index is 700. The first kappa shape index (κ1) is 18.4. The number of hydrogen-bond donors (Lipinski definition) is 1. The van der Waals surface area contributed by atoms with Crippen molar-refractivity contribution in [3.63, 3.8) is 0 Å². The van der Waals surface area contributed by atoms with Gasteiger partial charge in [-0.3, -0.25) is 4.79 Å². The molecular formula is C16H22N2O5S. The Hall–Kier alpha value is -1.93. The van der Waals surface area contributed by atoms with Crippen LogP contribution < -0.4 is 5.32 Å². The molecular weight excluding hydrogens is 332 g/mol. The quantitative estimate of drug-likeness (QED) is 0.811. The number of carbonyl (C=O) groups excluding carboxylic acids is 2. The van der Waals surface area contributed by atoms with Crippen LogP contribution in [0.2, 0.25) is 0 Å². The van der Waals surface area contributed by atoms with Crippen molar-refractivity contribution in [1.29, 1.82) is 0 Å². The van der Waals surface area contributed by atoms with E-state index in [2.05, 4.69) is 5.32 Å². The van der Waals surface area contributed by atoms with Gasteiger partial charge < -0.3 is 10.1 Å². The molecule has 1 unspecified atom stereocenters. The lowest BCUT2D eigenvalue weighted by atomic mass is 10.0. The van der Waals surface area contributed by atoms with Crippen LogP contribution in [0.3, 0.4) is 0 Å². The van der Waals surface area contributed by atoms with Gasteiger partial charge in [0.25, 0.3) is 0 Å². The Balaban J connectivity index is 2.07. The van der Waals surface area contributed by atoms with Crippen molar-refractivity contribution in [2.75, 3.05) is 24.7 Å². The molecule has 7 nitrogen and oxygen atoms in total. The highest BCUT2D eigenvalue weighted by Gasteiger charge is 2.34. The Morgan fingerprint density at radius 2 is 1.92 bits per heavy atom. The molecule has 1 saturated heterocycles. The number of nitrogens with one attached hydrogen (secondary N) is 1. The predicted octanol–water partition coefficient (Wildman–Crippen LogP) is 1.62. The lowest BCUT2D eigenvalue weighted by molar-refractivity contribution is -0.120. The topological polar surface area (TPSA) is 92.8 Å². The Morgan fingerprint density at radius 3 is 2.50 bits per heavy atom. The summed E-state index contributed by atoms with van der Waals surface area (Å²) in [4.78, 5) is 24.0. The van der Waals surface area contributed by atoms with Crippen molar-refractivity contribution in [3.05, 3.63) is 29.8 Å². The first-order chi connectivity index (χ1) is 11.3. The van der Waals surface area contributed by atoms with E-state index < -0.39 is 22.0 Å². The van der Waals surface area contributed by atoms with Crippen LogP contribution in [-0.4, -0.2) is 50.0 Å². The van der Waals surface area contributed by atoms with Crippen molar-refractivity contribution >= 4 is 27.6 Å². The highest BCUT2D eigenvalue weighted by molar-refractivity contribution is 7.88. The molecule has 8 heteroatoms. The van der Waals surface area contributed by atoms with Gasteiger partial charge in [0.15, 0.2) is 0 Å². The molecule has 24 heavy (non-hydrogen) atoms. The van der Waals surface area contributed by atoms with Crippen LogP contribution in [0.5, 0.6) is 0 Å². The second kappa shape index (κ2) is 7.76. The maximum absolute atomic E-state index is 12.4. The standard InChI is InChI=1S/C16H22N2O5S/c1-3-23-16(20)12-7-9-13(10-8-12)17-15(19)14-6-4-5-11-18(14)24(2,21)22/h7-10,14H,3-6,11H2,1-2H3,(H,17,19). The van der Waals surface area contributed by atoms with E-state index in [0.29, 0.717) is 30.8 Å². The van der Waals surface area contributed by atoms with Gasteiger partial charge in [-0.15, -0.1) is 0 Å². The molecule has 0 saturated carbocycles. The summed E-state index contributed by atoms with van der Waals surface area (Å²) in [6.45, 7) is 2.38. The highest BCUT2D eigenvalue weighted by atomic mass is 32.2. The third kappa shape index (κ3) is 4.55. The number of anilines is 1. The maximum atomic E-state index is 12.4. The largest absolute Gasteiger partial charge is 0.462 e. The molecule has 1 atom stereocenters. The van der Waals surface area contributed by atoms with Crippen molar-refractivity contribution in [2.45, 2.75) is 32.2 Å². The Morgan fingerprint density at radius 1 is 1.25 bits per heavy atom. The van der Waals surface area contributed by atoms with Crippen LogP contribution in [0, 0.1) is 0 Å². The summed E-state index contributed by atoms with van der Waals surface area (Å²) in [5, 5.41) is 2.71. The van der Waals surface area contributed by atoms with E-state index in [0.717, 1.165) is 19.1 Å². The van der Waals surface area contributed by atoms with E-state index in [-0.39, 0.29) is 5.91 Å². The first-order valence-corrected chi connectivity index (χ1v) is 9.72. The third-order valence-electron chi connectivity index (χ3n) is 3.85. The monoisotopic (exact) mass is 354 g/mol. The van der Waals surface area contributed by atoms with E-state index in [1.807, 2.05) is 0 Å². The fourth-order valence-electron chi connectivity index (χ4n) is 2.69. The number of hydrogen-bond acceptors (Lipinski definition) is 5. The van der Waals surface area contributed by atoms with Gasteiger partial charge >= 0.3 is 5.97 Å². The van der Waals surface area contributed by atoms with Crippen molar-refractivity contribution in [2.24, 2.45) is 0 Å². The summed E-state index contributed by atoms with van der Waals surface area (Å²) < 4.78 is 29.8. The zero-order valence-corrected chi connectivity index (χ0v) is 14.6. The molecule has 1 heterocycles. The summed E-state index contributed by atoms with van der Waals surface area (Å²) in [6, 6.07) is 5.61. The molecule has 1 aliphatic heterocycles. The van der Waals surface area contributed by atoms with Crippen molar-refractivity contribution in [1.82, 2.24) is 4.31 Å². The van der Waals surface area contributed by atoms with Crippen LogP contribution >= 0.6 is 0 Å². The molecule has 1 fully saturated rings. The SMILES string of the molecule is CCOC(=O)c1ccc(NC(=O)C2CCCCN2S(C)(=O)=O)cc1. The molecule has 1 aliphatic rings. The Kier molecular flexibility index (Phi) is 5.95. The third-order valence-corrected chi connectivity index (χ3v) is 5.13. The van der Waals surface area contributed by atoms with Gasteiger partial charge in [-0.25, -0.2) is 13.2 Å². The number of rotatable bonds is 5. The molecule has 1 aromatic rings. The van der Waals surface area contributed by atoms with Gasteiger partial charge in [0.05, 0.1) is 18.4 Å². The number of sulfonamides is 1. The van der Waals surface area contributed by atoms with Crippen LogP contribution in [0.15, 0.2) is 24.3 Å². The molecule has 2 rings (SSSR count). The fraction of sp³-hybridized carbons (Fsp3) is 0.500. The maximum Gasteiger partial charge on any atom is 0.338 e. The van der Waals surface area contributed by atoms with Crippen LogP contribution in [-0.2, 0) is 19.6 Å². The second-order valence-electron chi connectivity index (χ2n) is 5.67. The average Bonchev–Trinajstić information content (AvgIpc) is 2.55. The molecule has 1 aromatic carbocycles. The predicted molar refractivity (Wildman–Crippen MR) is 90.2 cm³/mol. The first-order valence-electron chi connectivity index (χ1n) is 7.88. The van der Waals surface area contributed by atoms with Gasteiger partial charge in [-0.05, 0) is 44.0 Å². The molecule has 0 spiro atoms. The zero-order chi connectivity index (χ0) is 17.7. The van der Waals surface area contributed by atoms with Crippen LogP contribution in [0.4, 0.5) is 5.69 Å². The molecule has 0 bridgehead atoms. The normalized spacial score (nSPS) is 18.8. The van der Waals surface area contributed by atoms with Gasteiger partial charge in [0, 0.05) is 12.2 Å². The molecule has 132 valence electrons. The Labute approximate surface area is 142 Å². The highest BCUT2D eigenvalue weighted by Crippen LogP contribution is 2.21. The van der Waals surface area contributed by atoms with E-state index >= 15 is 0 Å². The summed E-state index contributed by atoms with van der Waals surface area (Å²) in [5.41, 5.74) is 0.900. The molecule has 0 aliphatic carbocycles. The number of nitrogens with zero attached hydrogens (tertiary/aromatic N) is 1. The van der Waals surface area contributed by atoms with Crippen LogP contribution in [0.1, 0.15) is 36.5 Å². The van der Waals surface area contributed by atoms with Crippen molar-refractivity contribution < 1.29 is 22.7 Å². The van der Waals surface area contributed by atoms with Gasteiger partial charge in [-0.1, -0.05) is 6.42 Å². The van der Waals surface area contributed by atoms with E-state index in [4.69, 9.17) is 4.74 Å². The smallest absolute Gasteiger partial charge is 0.338 e. The van der Waals surface area contributed by atoms with Gasteiger partial charge in [0.1, 0.15) is 6.04 Å². The number of benzene rings is 1. The van der Waals surface area contributed by atoms with Crippen LogP contribution in [0.25, 0.3) is 0 Å². The lowest BCUT2D eigenvalue weighted by Gasteiger charge is -2.32. The van der Waals surface area contributed by atoms with E-state index in [1.54, 1.807) is 31.2 Å². The van der Waals surface area contributed by atoms with Gasteiger partial charge in [-0.2, -0.15) is 4.31 Å². The zero-order valence-electron chi connectivity index (χ0n) is 13.8. The average molecular weight is 354 g/mol. The number of carbonyl (C=O) groups is 2. The number of ether oxygens (including phenoxy) is 1. The minimum atomic E-state index is -3.43. The molecule has 1 amide bonds. The summed E-state index contributed by atoms with van der Waals surface area (Å²) in [7, 11) is -3.43. The minimum Gasteiger partial charge on any atom is -0.462 e. The summed E-state index contributed by atoms with van der Waals surface area (Å²) in [6.07, 6.45) is 3.18. The summed E-state index contributed by atoms with van der Waals surface area (Å²) >= 11 is 0. The van der Waals surface area contributed by atoms with Crippen molar-refractivity contribution in [3.8, 4) is 0 Å². The number of amides is 1.